The number of hydrogen-bond acceptors (Lipinski definition) is 4. The summed E-state index contributed by atoms with van der Waals surface area (Å²) >= 11 is 0. The van der Waals surface area contributed by atoms with Crippen molar-refractivity contribution in [2.24, 2.45) is 16.8 Å². The van der Waals surface area contributed by atoms with Crippen LogP contribution in [0, 0.1) is 11.8 Å². The summed E-state index contributed by atoms with van der Waals surface area (Å²) < 4.78 is 5.80. The maximum Gasteiger partial charge on any atom is 0.213 e. The summed E-state index contributed by atoms with van der Waals surface area (Å²) in [6, 6.07) is 4.58. The summed E-state index contributed by atoms with van der Waals surface area (Å²) in [6.07, 6.45) is 14.0. The number of aromatic nitrogens is 1. The smallest absolute Gasteiger partial charge is 0.213 e. The molecule has 2 N–H and O–H groups in total. The van der Waals surface area contributed by atoms with Gasteiger partial charge < -0.3 is 20.3 Å². The van der Waals surface area contributed by atoms with Crippen molar-refractivity contribution in [2.75, 3.05) is 33.3 Å². The summed E-state index contributed by atoms with van der Waals surface area (Å²) in [6.45, 7) is 5.25. The van der Waals surface area contributed by atoms with Crippen molar-refractivity contribution in [3.8, 4) is 5.88 Å². The Balaban J connectivity index is 1.16. The van der Waals surface area contributed by atoms with Crippen molar-refractivity contribution in [1.82, 2.24) is 20.5 Å². The molecule has 3 fully saturated rings. The van der Waals surface area contributed by atoms with E-state index >= 15 is 0 Å². The lowest BCUT2D eigenvalue weighted by molar-refractivity contribution is 0.160. The van der Waals surface area contributed by atoms with Crippen LogP contribution in [0.3, 0.4) is 0 Å². The van der Waals surface area contributed by atoms with E-state index in [1.54, 1.807) is 0 Å². The monoisotopic (exact) mass is 413 g/mol. The van der Waals surface area contributed by atoms with Gasteiger partial charge in [-0.1, -0.05) is 19.3 Å². The van der Waals surface area contributed by atoms with Crippen molar-refractivity contribution in [2.45, 2.75) is 70.4 Å². The highest BCUT2D eigenvalue weighted by Crippen LogP contribution is 2.29. The number of guanidine groups is 1. The minimum atomic E-state index is 0.508. The third kappa shape index (κ3) is 6.86. The molecule has 166 valence electrons. The Bertz CT molecular complexity index is 676. The Morgan fingerprint density at radius 3 is 2.63 bits per heavy atom. The zero-order valence-electron chi connectivity index (χ0n) is 18.6. The van der Waals surface area contributed by atoms with Crippen molar-refractivity contribution < 1.29 is 4.74 Å². The number of aliphatic imine (C=N–C) groups is 1. The number of nitrogens with one attached hydrogen (secondary N) is 2. The summed E-state index contributed by atoms with van der Waals surface area (Å²) in [5, 5.41) is 7.08. The van der Waals surface area contributed by atoms with E-state index in [0.29, 0.717) is 6.04 Å². The average molecular weight is 414 g/mol. The molecule has 4 rings (SSSR count). The number of nitrogens with zero attached hydrogens (tertiary/aromatic N) is 3. The summed E-state index contributed by atoms with van der Waals surface area (Å²) in [5.74, 6) is 3.30. The molecule has 0 bridgehead atoms. The van der Waals surface area contributed by atoms with Gasteiger partial charge in [0, 0.05) is 51.5 Å². The highest BCUT2D eigenvalue weighted by Gasteiger charge is 2.23. The van der Waals surface area contributed by atoms with Crippen LogP contribution in [0.1, 0.15) is 63.4 Å². The van der Waals surface area contributed by atoms with Crippen LogP contribution in [0.25, 0.3) is 0 Å². The van der Waals surface area contributed by atoms with Crippen molar-refractivity contribution >= 4 is 5.96 Å². The van der Waals surface area contributed by atoms with Gasteiger partial charge >= 0.3 is 0 Å². The second kappa shape index (κ2) is 11.0. The molecule has 0 spiro atoms. The van der Waals surface area contributed by atoms with Crippen LogP contribution in [0.4, 0.5) is 0 Å². The molecule has 6 nitrogen and oxygen atoms in total. The van der Waals surface area contributed by atoms with Crippen molar-refractivity contribution in [3.63, 3.8) is 0 Å². The molecule has 1 aromatic heterocycles. The Morgan fingerprint density at radius 2 is 1.90 bits per heavy atom. The molecule has 0 radical (unpaired) electrons. The van der Waals surface area contributed by atoms with Crippen LogP contribution in [0.2, 0.25) is 0 Å². The quantitative estimate of drug-likeness (QED) is 0.504. The van der Waals surface area contributed by atoms with E-state index in [0.717, 1.165) is 36.8 Å². The van der Waals surface area contributed by atoms with E-state index in [1.165, 1.54) is 83.0 Å². The first-order chi connectivity index (χ1) is 14.8. The lowest BCUT2D eigenvalue weighted by Gasteiger charge is -2.36. The molecule has 2 saturated carbocycles. The Labute approximate surface area is 181 Å². The number of hydrogen-bond donors (Lipinski definition) is 2. The van der Waals surface area contributed by atoms with Crippen LogP contribution in [-0.4, -0.2) is 55.2 Å². The van der Waals surface area contributed by atoms with Crippen LogP contribution >= 0.6 is 0 Å². The van der Waals surface area contributed by atoms with Gasteiger partial charge in [0.15, 0.2) is 5.96 Å². The summed E-state index contributed by atoms with van der Waals surface area (Å²) in [7, 11) is 1.85. The first-order valence-electron chi connectivity index (χ1n) is 12.1. The highest BCUT2D eigenvalue weighted by molar-refractivity contribution is 5.79. The van der Waals surface area contributed by atoms with E-state index in [-0.39, 0.29) is 0 Å². The first kappa shape index (κ1) is 21.4. The van der Waals surface area contributed by atoms with E-state index in [4.69, 9.17) is 4.74 Å². The predicted molar refractivity (Wildman–Crippen MR) is 122 cm³/mol. The van der Waals surface area contributed by atoms with E-state index < -0.39 is 0 Å². The number of pyridine rings is 1. The van der Waals surface area contributed by atoms with Gasteiger partial charge in [-0.2, -0.15) is 0 Å². The molecule has 1 saturated heterocycles. The molecule has 2 heterocycles. The molecule has 0 atom stereocenters. The second-order valence-electron chi connectivity index (χ2n) is 9.41. The van der Waals surface area contributed by atoms with Gasteiger partial charge in [-0.15, -0.1) is 0 Å². The van der Waals surface area contributed by atoms with Gasteiger partial charge in [0.25, 0.3) is 0 Å². The molecule has 1 aromatic rings. The average Bonchev–Trinajstić information content (AvgIpc) is 3.62. The van der Waals surface area contributed by atoms with Gasteiger partial charge in [0.2, 0.25) is 5.88 Å². The largest absolute Gasteiger partial charge is 0.477 e. The zero-order valence-corrected chi connectivity index (χ0v) is 18.6. The van der Waals surface area contributed by atoms with Crippen molar-refractivity contribution in [3.05, 3.63) is 23.9 Å². The second-order valence-corrected chi connectivity index (χ2v) is 9.41. The lowest BCUT2D eigenvalue weighted by atomic mass is 9.88. The third-order valence-corrected chi connectivity index (χ3v) is 6.82. The van der Waals surface area contributed by atoms with Crippen molar-refractivity contribution in [1.29, 1.82) is 0 Å². The fraction of sp³-hybridized carbons (Fsp3) is 0.750. The Kier molecular flexibility index (Phi) is 7.84. The lowest BCUT2D eigenvalue weighted by Crippen LogP contribution is -2.49. The fourth-order valence-corrected chi connectivity index (χ4v) is 4.70. The number of likely N-dealkylation sites (tertiary alicyclic amines) is 1. The maximum atomic E-state index is 5.80. The zero-order chi connectivity index (χ0) is 20.6. The van der Waals surface area contributed by atoms with E-state index in [9.17, 15) is 0 Å². The molecular weight excluding hydrogens is 374 g/mol. The van der Waals surface area contributed by atoms with E-state index in [2.05, 4.69) is 25.5 Å². The van der Waals surface area contributed by atoms with Crippen LogP contribution in [-0.2, 0) is 6.54 Å². The SMILES string of the molecule is CN=C(NCc1ccnc(OCC2CC2)c1)NC1CCN(CC2CCCCC2)CC1. The highest BCUT2D eigenvalue weighted by atomic mass is 16.5. The minimum Gasteiger partial charge on any atom is -0.477 e. The predicted octanol–water partition coefficient (Wildman–Crippen LogP) is 3.58. The normalized spacial score (nSPS) is 22.1. The van der Waals surface area contributed by atoms with Gasteiger partial charge in [0.05, 0.1) is 6.61 Å². The third-order valence-electron chi connectivity index (χ3n) is 6.82. The fourth-order valence-electron chi connectivity index (χ4n) is 4.70. The standard InChI is InChI=1S/C24H39N5O/c1-25-24(27-16-21-9-12-26-23(15-21)30-18-20-7-8-20)28-22-10-13-29(14-11-22)17-19-5-3-2-4-6-19/h9,12,15,19-20,22H,2-8,10-11,13-14,16-18H2,1H3,(H2,25,27,28). The first-order valence-corrected chi connectivity index (χ1v) is 12.1. The van der Waals surface area contributed by atoms with E-state index in [1.807, 2.05) is 25.4 Å². The van der Waals surface area contributed by atoms with Crippen LogP contribution in [0.15, 0.2) is 23.3 Å². The van der Waals surface area contributed by atoms with Crippen LogP contribution in [0.5, 0.6) is 5.88 Å². The Hall–Kier alpha value is -1.82. The molecular formula is C24H39N5O. The maximum absolute atomic E-state index is 5.80. The Morgan fingerprint density at radius 1 is 1.10 bits per heavy atom. The number of ether oxygens (including phenoxy) is 1. The molecule has 0 amide bonds. The van der Waals surface area contributed by atoms with Gasteiger partial charge in [-0.3, -0.25) is 4.99 Å². The number of rotatable bonds is 8. The molecule has 3 aliphatic rings. The van der Waals surface area contributed by atoms with Gasteiger partial charge in [-0.25, -0.2) is 4.98 Å². The molecule has 6 heteroatoms. The van der Waals surface area contributed by atoms with Gasteiger partial charge in [-0.05, 0) is 62.0 Å². The molecule has 1 aliphatic heterocycles. The summed E-state index contributed by atoms with van der Waals surface area (Å²) in [4.78, 5) is 11.4. The molecule has 30 heavy (non-hydrogen) atoms. The topological polar surface area (TPSA) is 61.8 Å². The summed E-state index contributed by atoms with van der Waals surface area (Å²) in [5.41, 5.74) is 1.17. The van der Waals surface area contributed by atoms with Gasteiger partial charge in [0.1, 0.15) is 0 Å². The molecule has 0 unspecified atom stereocenters. The number of piperidine rings is 1. The van der Waals surface area contributed by atoms with Crippen LogP contribution < -0.4 is 15.4 Å². The molecule has 2 aliphatic carbocycles. The molecule has 0 aromatic carbocycles. The minimum absolute atomic E-state index is 0.508.